The fourth-order valence-electron chi connectivity index (χ4n) is 2.07. The van der Waals surface area contributed by atoms with E-state index < -0.39 is 0 Å². The molecule has 0 aliphatic carbocycles. The highest BCUT2D eigenvalue weighted by Crippen LogP contribution is 2.19. The van der Waals surface area contributed by atoms with Gasteiger partial charge in [-0.2, -0.15) is 0 Å². The molecule has 0 spiro atoms. The third-order valence-corrected chi connectivity index (χ3v) is 3.86. The molecule has 0 radical (unpaired) electrons. The number of carbonyl (C=O) groups is 1. The van der Waals surface area contributed by atoms with Gasteiger partial charge in [0.1, 0.15) is 17.1 Å². The molecule has 5 heteroatoms. The van der Waals surface area contributed by atoms with Crippen molar-refractivity contribution in [1.29, 1.82) is 0 Å². The second kappa shape index (κ2) is 6.91. The maximum atomic E-state index is 11.5. The largest absolute Gasteiger partial charge is 0.465 e. The molecule has 1 aromatic heterocycles. The van der Waals surface area contributed by atoms with Gasteiger partial charge >= 0.3 is 5.97 Å². The van der Waals surface area contributed by atoms with Gasteiger partial charge in [-0.15, -0.1) is 0 Å². The van der Waals surface area contributed by atoms with Gasteiger partial charge in [-0.05, 0) is 37.6 Å². The lowest BCUT2D eigenvalue weighted by atomic mass is 10.1. The van der Waals surface area contributed by atoms with E-state index in [1.165, 1.54) is 12.7 Å². The Bertz CT molecular complexity index is 619. The average Bonchev–Trinajstić information content (AvgIpc) is 2.86. The van der Waals surface area contributed by atoms with E-state index in [0.29, 0.717) is 17.9 Å². The summed E-state index contributed by atoms with van der Waals surface area (Å²) in [6.45, 7) is 4.39. The highest BCUT2D eigenvalue weighted by atomic mass is 79.9. The van der Waals surface area contributed by atoms with Crippen LogP contribution in [0, 0.1) is 6.92 Å². The fourth-order valence-corrected chi connectivity index (χ4v) is 2.33. The molecule has 4 nitrogen and oxygen atoms in total. The van der Waals surface area contributed by atoms with Crippen LogP contribution in [0.3, 0.4) is 0 Å². The number of hydrogen-bond acceptors (Lipinski definition) is 4. The molecular weight excluding hydrogens is 334 g/mol. The zero-order valence-electron chi connectivity index (χ0n) is 12.3. The van der Waals surface area contributed by atoms with Crippen LogP contribution < -0.4 is 5.32 Å². The summed E-state index contributed by atoms with van der Waals surface area (Å²) in [7, 11) is 1.36. The molecule has 0 saturated carbocycles. The Labute approximate surface area is 132 Å². The molecule has 21 heavy (non-hydrogen) atoms. The molecule has 0 amide bonds. The van der Waals surface area contributed by atoms with Gasteiger partial charge in [0.25, 0.3) is 0 Å². The number of benzene rings is 1. The van der Waals surface area contributed by atoms with Crippen molar-refractivity contribution >= 4 is 21.9 Å². The molecule has 0 aliphatic heterocycles. The molecule has 2 rings (SSSR count). The molecule has 1 atom stereocenters. The first-order valence-corrected chi connectivity index (χ1v) is 7.47. The van der Waals surface area contributed by atoms with E-state index in [0.717, 1.165) is 10.2 Å². The Morgan fingerprint density at radius 2 is 2.05 bits per heavy atom. The van der Waals surface area contributed by atoms with Crippen LogP contribution in [-0.4, -0.2) is 13.1 Å². The third-order valence-electron chi connectivity index (χ3n) is 3.33. The standard InChI is InChI=1S/C16H18BrNO3/c1-10(12-4-6-13(17)7-5-12)18-9-14-8-15(11(2)21-14)16(19)20-3/h4-8,10,18H,9H2,1-3H3/t10-/m0/s1. The molecular formula is C16H18BrNO3. The van der Waals surface area contributed by atoms with Crippen LogP contribution in [-0.2, 0) is 11.3 Å². The predicted molar refractivity (Wildman–Crippen MR) is 84.2 cm³/mol. The summed E-state index contributed by atoms with van der Waals surface area (Å²) >= 11 is 3.42. The molecule has 0 fully saturated rings. The van der Waals surface area contributed by atoms with E-state index in [4.69, 9.17) is 9.15 Å². The van der Waals surface area contributed by atoms with Crippen LogP contribution in [0.15, 0.2) is 39.2 Å². The number of hydrogen-bond donors (Lipinski definition) is 1. The average molecular weight is 352 g/mol. The minimum atomic E-state index is -0.372. The Kier molecular flexibility index (Phi) is 5.20. The van der Waals surface area contributed by atoms with E-state index in [1.54, 1.807) is 13.0 Å². The predicted octanol–water partition coefficient (Wildman–Crippen LogP) is 3.99. The number of halogens is 1. The van der Waals surface area contributed by atoms with Gasteiger partial charge in [-0.3, -0.25) is 0 Å². The van der Waals surface area contributed by atoms with Gasteiger partial charge in [0.05, 0.1) is 13.7 Å². The minimum absolute atomic E-state index is 0.185. The van der Waals surface area contributed by atoms with E-state index in [9.17, 15) is 4.79 Å². The molecule has 112 valence electrons. The van der Waals surface area contributed by atoms with Gasteiger partial charge in [-0.1, -0.05) is 28.1 Å². The number of furan rings is 1. The Hall–Kier alpha value is -1.59. The zero-order valence-corrected chi connectivity index (χ0v) is 13.9. The first kappa shape index (κ1) is 15.8. The van der Waals surface area contributed by atoms with Crippen molar-refractivity contribution < 1.29 is 13.9 Å². The maximum Gasteiger partial charge on any atom is 0.341 e. The number of ether oxygens (including phenoxy) is 1. The van der Waals surface area contributed by atoms with Crippen LogP contribution in [0.25, 0.3) is 0 Å². The van der Waals surface area contributed by atoms with Crippen LogP contribution >= 0.6 is 15.9 Å². The summed E-state index contributed by atoms with van der Waals surface area (Å²) in [4.78, 5) is 11.5. The van der Waals surface area contributed by atoms with E-state index in [-0.39, 0.29) is 12.0 Å². The number of aryl methyl sites for hydroxylation is 1. The maximum absolute atomic E-state index is 11.5. The van der Waals surface area contributed by atoms with Crippen molar-refractivity contribution in [3.05, 3.63) is 57.5 Å². The van der Waals surface area contributed by atoms with Crippen LogP contribution in [0.5, 0.6) is 0 Å². The van der Waals surface area contributed by atoms with Crippen molar-refractivity contribution in [3.8, 4) is 0 Å². The number of esters is 1. The molecule has 1 N–H and O–H groups in total. The van der Waals surface area contributed by atoms with Gasteiger partial charge in [0.15, 0.2) is 0 Å². The Morgan fingerprint density at radius 1 is 1.38 bits per heavy atom. The van der Waals surface area contributed by atoms with Gasteiger partial charge in [0.2, 0.25) is 0 Å². The van der Waals surface area contributed by atoms with Crippen molar-refractivity contribution in [2.75, 3.05) is 7.11 Å². The number of carbonyl (C=O) groups excluding carboxylic acids is 1. The third kappa shape index (κ3) is 3.95. The summed E-state index contributed by atoms with van der Waals surface area (Å²) in [5.41, 5.74) is 1.67. The molecule has 2 aromatic rings. The molecule has 0 bridgehead atoms. The quantitative estimate of drug-likeness (QED) is 0.827. The molecule has 0 aliphatic rings. The normalized spacial score (nSPS) is 12.2. The first-order valence-electron chi connectivity index (χ1n) is 6.67. The summed E-state index contributed by atoms with van der Waals surface area (Å²) in [5, 5.41) is 3.37. The fraction of sp³-hybridized carbons (Fsp3) is 0.312. The first-order chi connectivity index (χ1) is 10.0. The Balaban J connectivity index is 1.99. The Morgan fingerprint density at radius 3 is 2.67 bits per heavy atom. The van der Waals surface area contributed by atoms with Crippen molar-refractivity contribution in [3.63, 3.8) is 0 Å². The molecule has 0 saturated heterocycles. The van der Waals surface area contributed by atoms with E-state index >= 15 is 0 Å². The summed E-state index contributed by atoms with van der Waals surface area (Å²) < 4.78 is 11.3. The van der Waals surface area contributed by atoms with Gasteiger partial charge in [0, 0.05) is 10.5 Å². The molecule has 1 aromatic carbocycles. The van der Waals surface area contributed by atoms with E-state index in [1.807, 2.05) is 12.1 Å². The smallest absolute Gasteiger partial charge is 0.341 e. The number of nitrogens with one attached hydrogen (secondary N) is 1. The lowest BCUT2D eigenvalue weighted by Crippen LogP contribution is -2.17. The van der Waals surface area contributed by atoms with E-state index in [2.05, 4.69) is 40.3 Å². The topological polar surface area (TPSA) is 51.5 Å². The van der Waals surface area contributed by atoms with Crippen molar-refractivity contribution in [2.24, 2.45) is 0 Å². The lowest BCUT2D eigenvalue weighted by molar-refractivity contribution is 0.0599. The summed E-state index contributed by atoms with van der Waals surface area (Å²) in [6, 6.07) is 10.1. The lowest BCUT2D eigenvalue weighted by Gasteiger charge is -2.13. The highest BCUT2D eigenvalue weighted by molar-refractivity contribution is 9.10. The van der Waals surface area contributed by atoms with Gasteiger partial charge < -0.3 is 14.5 Å². The highest BCUT2D eigenvalue weighted by Gasteiger charge is 2.15. The molecule has 1 heterocycles. The summed E-state index contributed by atoms with van der Waals surface area (Å²) in [5.74, 6) is 0.926. The second-order valence-corrected chi connectivity index (χ2v) is 5.74. The SMILES string of the molecule is COC(=O)c1cc(CN[C@@H](C)c2ccc(Br)cc2)oc1C. The van der Waals surface area contributed by atoms with Crippen LogP contribution in [0.4, 0.5) is 0 Å². The van der Waals surface area contributed by atoms with Crippen LogP contribution in [0.1, 0.15) is 40.4 Å². The van der Waals surface area contributed by atoms with Crippen LogP contribution in [0.2, 0.25) is 0 Å². The zero-order chi connectivity index (χ0) is 15.4. The number of methoxy groups -OCH3 is 1. The minimum Gasteiger partial charge on any atom is -0.465 e. The van der Waals surface area contributed by atoms with Gasteiger partial charge in [-0.25, -0.2) is 4.79 Å². The second-order valence-electron chi connectivity index (χ2n) is 4.83. The van der Waals surface area contributed by atoms with Crippen molar-refractivity contribution in [2.45, 2.75) is 26.4 Å². The molecule has 0 unspecified atom stereocenters. The van der Waals surface area contributed by atoms with Crippen molar-refractivity contribution in [1.82, 2.24) is 5.32 Å². The summed E-state index contributed by atoms with van der Waals surface area (Å²) in [6.07, 6.45) is 0. The number of rotatable bonds is 5. The monoisotopic (exact) mass is 351 g/mol.